The maximum Gasteiger partial charge on any atom is 0.221 e. The van der Waals surface area contributed by atoms with Crippen molar-refractivity contribution < 1.29 is 4.79 Å². The first-order chi connectivity index (χ1) is 16.8. The maximum atomic E-state index is 11.5. The van der Waals surface area contributed by atoms with Crippen molar-refractivity contribution in [1.29, 1.82) is 0 Å². The Labute approximate surface area is 207 Å². The van der Waals surface area contributed by atoms with Crippen LogP contribution in [-0.2, 0) is 17.9 Å². The number of hydrogen-bond acceptors (Lipinski definition) is 3. The highest BCUT2D eigenvalue weighted by Crippen LogP contribution is 2.39. The number of benzene rings is 3. The third-order valence-corrected chi connectivity index (χ3v) is 6.79. The maximum absolute atomic E-state index is 11.5. The number of amides is 1. The van der Waals surface area contributed by atoms with E-state index in [1.54, 1.807) is 0 Å². The lowest BCUT2D eigenvalue weighted by atomic mass is 10.0. The van der Waals surface area contributed by atoms with Crippen molar-refractivity contribution >= 4 is 17.3 Å². The number of nitrogens with zero attached hydrogens (tertiary/aromatic N) is 3. The molecule has 5 heteroatoms. The van der Waals surface area contributed by atoms with Crippen LogP contribution < -0.4 is 10.2 Å². The summed E-state index contributed by atoms with van der Waals surface area (Å²) in [5.41, 5.74) is 11.6. The van der Waals surface area contributed by atoms with Gasteiger partial charge in [0.1, 0.15) is 0 Å². The number of rotatable bonds is 5. The second-order valence-electron chi connectivity index (χ2n) is 9.75. The molecule has 5 nitrogen and oxygen atoms in total. The van der Waals surface area contributed by atoms with Gasteiger partial charge >= 0.3 is 0 Å². The smallest absolute Gasteiger partial charge is 0.221 e. The van der Waals surface area contributed by atoms with Crippen LogP contribution in [0.1, 0.15) is 54.6 Å². The van der Waals surface area contributed by atoms with E-state index in [1.807, 2.05) is 12.1 Å². The van der Waals surface area contributed by atoms with Gasteiger partial charge in [0.15, 0.2) is 0 Å². The zero-order valence-electron chi connectivity index (χ0n) is 21.1. The third-order valence-electron chi connectivity index (χ3n) is 6.79. The predicted molar refractivity (Wildman–Crippen MR) is 143 cm³/mol. The summed E-state index contributed by atoms with van der Waals surface area (Å²) in [4.78, 5) is 14.0. The first-order valence-corrected chi connectivity index (χ1v) is 12.2. The van der Waals surface area contributed by atoms with E-state index in [0.29, 0.717) is 5.92 Å². The van der Waals surface area contributed by atoms with Crippen molar-refractivity contribution in [2.24, 2.45) is 0 Å². The summed E-state index contributed by atoms with van der Waals surface area (Å²) in [6.07, 6.45) is 0. The van der Waals surface area contributed by atoms with Gasteiger partial charge < -0.3 is 10.2 Å². The Morgan fingerprint density at radius 3 is 2.26 bits per heavy atom. The van der Waals surface area contributed by atoms with E-state index in [2.05, 4.69) is 97.2 Å². The van der Waals surface area contributed by atoms with Crippen LogP contribution in [-0.4, -0.2) is 15.7 Å². The SMILES string of the molecule is CC(=O)Nc1ccc(-c2c3c(nn2-c2c(C)cccc2C)CN(c2ccccc2C(C)C)C3)cc1. The molecule has 0 fully saturated rings. The Hall–Kier alpha value is -3.86. The molecule has 1 N–H and O–H groups in total. The Bertz CT molecular complexity index is 1380. The predicted octanol–water partition coefficient (Wildman–Crippen LogP) is 6.76. The molecule has 0 radical (unpaired) electrons. The van der Waals surface area contributed by atoms with Crippen LogP contribution in [0.2, 0.25) is 0 Å². The fourth-order valence-corrected chi connectivity index (χ4v) is 5.16. The van der Waals surface area contributed by atoms with Crippen molar-refractivity contribution in [3.05, 3.63) is 94.7 Å². The molecule has 4 aromatic rings. The van der Waals surface area contributed by atoms with E-state index in [4.69, 9.17) is 5.10 Å². The molecule has 0 spiro atoms. The van der Waals surface area contributed by atoms with Crippen LogP contribution in [0.15, 0.2) is 66.7 Å². The fraction of sp³-hybridized carbons (Fsp3) is 0.267. The molecule has 0 saturated heterocycles. The number of carbonyl (C=O) groups excluding carboxylic acids is 1. The molecule has 0 unspecified atom stereocenters. The summed E-state index contributed by atoms with van der Waals surface area (Å²) in [6.45, 7) is 11.9. The van der Waals surface area contributed by atoms with Crippen LogP contribution in [0.4, 0.5) is 11.4 Å². The lowest BCUT2D eigenvalue weighted by molar-refractivity contribution is -0.114. The monoisotopic (exact) mass is 464 g/mol. The Balaban J connectivity index is 1.63. The summed E-state index contributed by atoms with van der Waals surface area (Å²) in [6, 6.07) is 23.2. The van der Waals surface area contributed by atoms with Crippen molar-refractivity contribution in [3.8, 4) is 16.9 Å². The number of aryl methyl sites for hydroxylation is 2. The number of aromatic nitrogens is 2. The normalized spacial score (nSPS) is 12.8. The molecule has 1 aromatic heterocycles. The Morgan fingerprint density at radius 2 is 1.60 bits per heavy atom. The standard InChI is InChI=1S/C30H32N4O/c1-19(2)25-11-6-7-12-28(25)33-17-26-27(18-33)32-34(29-20(3)9-8-10-21(29)4)30(26)23-13-15-24(16-14-23)31-22(5)35/h6-16,19H,17-18H2,1-5H3,(H,31,35). The number of anilines is 2. The summed E-state index contributed by atoms with van der Waals surface area (Å²) < 4.78 is 2.13. The molecular weight excluding hydrogens is 432 g/mol. The van der Waals surface area contributed by atoms with E-state index in [0.717, 1.165) is 41.4 Å². The van der Waals surface area contributed by atoms with Gasteiger partial charge in [-0.25, -0.2) is 4.68 Å². The van der Waals surface area contributed by atoms with Crippen LogP contribution in [0.25, 0.3) is 16.9 Å². The highest BCUT2D eigenvalue weighted by molar-refractivity contribution is 5.89. The quantitative estimate of drug-likeness (QED) is 0.355. The second kappa shape index (κ2) is 9.06. The molecule has 1 aliphatic rings. The highest BCUT2D eigenvalue weighted by atomic mass is 16.1. The summed E-state index contributed by atoms with van der Waals surface area (Å²) in [5, 5.41) is 8.06. The van der Waals surface area contributed by atoms with E-state index in [9.17, 15) is 4.79 Å². The number of para-hydroxylation sites is 2. The van der Waals surface area contributed by atoms with Crippen molar-refractivity contribution in [2.45, 2.75) is 53.6 Å². The topological polar surface area (TPSA) is 50.2 Å². The second-order valence-corrected chi connectivity index (χ2v) is 9.75. The van der Waals surface area contributed by atoms with Crippen LogP contribution in [0.5, 0.6) is 0 Å². The minimum Gasteiger partial charge on any atom is -0.361 e. The van der Waals surface area contributed by atoms with Gasteiger partial charge in [0.2, 0.25) is 5.91 Å². The zero-order chi connectivity index (χ0) is 24.7. The van der Waals surface area contributed by atoms with Crippen molar-refractivity contribution in [3.63, 3.8) is 0 Å². The molecule has 1 amide bonds. The molecular formula is C30H32N4O. The first kappa shape index (κ1) is 22.9. The van der Waals surface area contributed by atoms with Crippen LogP contribution >= 0.6 is 0 Å². The van der Waals surface area contributed by atoms with E-state index in [-0.39, 0.29) is 5.91 Å². The van der Waals surface area contributed by atoms with E-state index in [1.165, 1.54) is 34.9 Å². The molecule has 2 heterocycles. The van der Waals surface area contributed by atoms with Crippen molar-refractivity contribution in [2.75, 3.05) is 10.2 Å². The van der Waals surface area contributed by atoms with Crippen molar-refractivity contribution in [1.82, 2.24) is 9.78 Å². The summed E-state index contributed by atoms with van der Waals surface area (Å²) >= 11 is 0. The summed E-state index contributed by atoms with van der Waals surface area (Å²) in [7, 11) is 0. The van der Waals surface area contributed by atoms with Gasteiger partial charge in [-0.05, 0) is 54.7 Å². The number of hydrogen-bond donors (Lipinski definition) is 1. The highest BCUT2D eigenvalue weighted by Gasteiger charge is 2.30. The van der Waals surface area contributed by atoms with Gasteiger partial charge in [-0.1, -0.05) is 62.4 Å². The molecule has 0 bridgehead atoms. The number of nitrogens with one attached hydrogen (secondary N) is 1. The third kappa shape index (κ3) is 4.23. The lowest BCUT2D eigenvalue weighted by Gasteiger charge is -2.24. The number of fused-ring (bicyclic) bond motifs is 1. The zero-order valence-corrected chi connectivity index (χ0v) is 21.1. The van der Waals surface area contributed by atoms with E-state index >= 15 is 0 Å². The molecule has 0 aliphatic carbocycles. The van der Waals surface area contributed by atoms with Gasteiger partial charge in [0, 0.05) is 36.0 Å². The molecule has 5 rings (SSSR count). The number of carbonyl (C=O) groups is 1. The fourth-order valence-electron chi connectivity index (χ4n) is 5.16. The molecule has 3 aromatic carbocycles. The largest absolute Gasteiger partial charge is 0.361 e. The van der Waals surface area contributed by atoms with E-state index < -0.39 is 0 Å². The Morgan fingerprint density at radius 1 is 0.914 bits per heavy atom. The minimum atomic E-state index is -0.0707. The lowest BCUT2D eigenvalue weighted by Crippen LogP contribution is -2.18. The van der Waals surface area contributed by atoms with Gasteiger partial charge in [-0.3, -0.25) is 4.79 Å². The average Bonchev–Trinajstić information content (AvgIpc) is 3.37. The van der Waals surface area contributed by atoms with Gasteiger partial charge in [-0.2, -0.15) is 5.10 Å². The molecule has 0 atom stereocenters. The van der Waals surface area contributed by atoms with Gasteiger partial charge in [0.25, 0.3) is 0 Å². The average molecular weight is 465 g/mol. The first-order valence-electron chi connectivity index (χ1n) is 12.2. The van der Waals surface area contributed by atoms with Crippen LogP contribution in [0.3, 0.4) is 0 Å². The summed E-state index contributed by atoms with van der Waals surface area (Å²) in [5.74, 6) is 0.383. The minimum absolute atomic E-state index is 0.0707. The van der Waals surface area contributed by atoms with Gasteiger partial charge in [0.05, 0.1) is 23.6 Å². The molecule has 1 aliphatic heterocycles. The van der Waals surface area contributed by atoms with Gasteiger partial charge in [-0.15, -0.1) is 0 Å². The van der Waals surface area contributed by atoms with Crippen LogP contribution in [0, 0.1) is 13.8 Å². The molecule has 35 heavy (non-hydrogen) atoms. The Kier molecular flexibility index (Phi) is 5.93. The molecule has 0 saturated carbocycles. The molecule has 178 valence electrons.